The van der Waals surface area contributed by atoms with Crippen molar-refractivity contribution in [1.29, 1.82) is 0 Å². The number of hydrogen-bond donors (Lipinski definition) is 0. The zero-order valence-electron chi connectivity index (χ0n) is 17.0. The van der Waals surface area contributed by atoms with E-state index < -0.39 is 23.3 Å². The maximum absolute atomic E-state index is 13.9. The van der Waals surface area contributed by atoms with Gasteiger partial charge in [0.1, 0.15) is 11.6 Å². The average Bonchev–Trinajstić information content (AvgIpc) is 3.28. The highest BCUT2D eigenvalue weighted by Gasteiger charge is 2.29. The van der Waals surface area contributed by atoms with Crippen LogP contribution in [0.25, 0.3) is 5.69 Å². The van der Waals surface area contributed by atoms with E-state index in [1.54, 1.807) is 15.8 Å². The topological polar surface area (TPSA) is 55.2 Å². The molecule has 4 rings (SSSR count). The minimum absolute atomic E-state index is 0.0234. The number of likely N-dealkylation sites (tertiary alicyclic amines) is 1. The number of Topliss-reactive ketones (excluding diaryl/α,β-unsaturated/α-hetero) is 1. The second-order valence-electron chi connectivity index (χ2n) is 7.77. The van der Waals surface area contributed by atoms with Crippen LogP contribution in [-0.4, -0.2) is 39.5 Å². The molecular weight excluding hydrogens is 400 g/mol. The van der Waals surface area contributed by atoms with Gasteiger partial charge in [-0.25, -0.2) is 13.5 Å². The SMILES string of the molecule is O=C(c1cc(F)ccc1F)C1CCN(C(=O)CCc2cnn(-c3ccccc3)c2)CC1. The zero-order valence-corrected chi connectivity index (χ0v) is 17.0. The van der Waals surface area contributed by atoms with Crippen molar-refractivity contribution in [3.63, 3.8) is 0 Å². The van der Waals surface area contributed by atoms with Crippen LogP contribution in [0.2, 0.25) is 0 Å². The van der Waals surface area contributed by atoms with Crippen LogP contribution in [0.4, 0.5) is 8.78 Å². The minimum atomic E-state index is -0.707. The highest BCUT2D eigenvalue weighted by molar-refractivity contribution is 5.98. The zero-order chi connectivity index (χ0) is 21.8. The van der Waals surface area contributed by atoms with Crippen LogP contribution in [0.5, 0.6) is 0 Å². The third-order valence-electron chi connectivity index (χ3n) is 5.70. The van der Waals surface area contributed by atoms with Crippen molar-refractivity contribution in [3.05, 3.63) is 83.7 Å². The molecule has 0 N–H and O–H groups in total. The van der Waals surface area contributed by atoms with Crippen molar-refractivity contribution >= 4 is 11.7 Å². The molecule has 1 aliphatic rings. The summed E-state index contributed by atoms with van der Waals surface area (Å²) in [6, 6.07) is 12.7. The van der Waals surface area contributed by atoms with Crippen LogP contribution < -0.4 is 0 Å². The smallest absolute Gasteiger partial charge is 0.222 e. The summed E-state index contributed by atoms with van der Waals surface area (Å²) in [6.45, 7) is 0.880. The summed E-state index contributed by atoms with van der Waals surface area (Å²) in [4.78, 5) is 26.9. The summed E-state index contributed by atoms with van der Waals surface area (Å²) in [5.74, 6) is -2.11. The van der Waals surface area contributed by atoms with E-state index in [0.29, 0.717) is 38.8 Å². The van der Waals surface area contributed by atoms with Gasteiger partial charge < -0.3 is 4.90 Å². The number of aromatic nitrogens is 2. The molecule has 7 heteroatoms. The molecule has 5 nitrogen and oxygen atoms in total. The average molecular weight is 423 g/mol. The van der Waals surface area contributed by atoms with Gasteiger partial charge in [-0.05, 0) is 55.2 Å². The number of piperidine rings is 1. The van der Waals surface area contributed by atoms with Gasteiger partial charge in [-0.15, -0.1) is 0 Å². The van der Waals surface area contributed by atoms with Crippen LogP contribution in [0.3, 0.4) is 0 Å². The van der Waals surface area contributed by atoms with Crippen LogP contribution in [-0.2, 0) is 11.2 Å². The lowest BCUT2D eigenvalue weighted by atomic mass is 9.88. The van der Waals surface area contributed by atoms with E-state index in [0.717, 1.165) is 29.4 Å². The van der Waals surface area contributed by atoms with E-state index in [1.807, 2.05) is 36.5 Å². The number of benzene rings is 2. The fraction of sp³-hybridized carbons (Fsp3) is 0.292. The van der Waals surface area contributed by atoms with Crippen molar-refractivity contribution in [2.45, 2.75) is 25.7 Å². The Bertz CT molecular complexity index is 1070. The number of ketones is 1. The van der Waals surface area contributed by atoms with Gasteiger partial charge in [-0.3, -0.25) is 9.59 Å². The first-order valence-corrected chi connectivity index (χ1v) is 10.4. The van der Waals surface area contributed by atoms with Crippen molar-refractivity contribution < 1.29 is 18.4 Å². The van der Waals surface area contributed by atoms with Gasteiger partial charge >= 0.3 is 0 Å². The maximum atomic E-state index is 13.9. The summed E-state index contributed by atoms with van der Waals surface area (Å²) in [6.07, 6.45) is 5.52. The predicted molar refractivity (Wildman–Crippen MR) is 112 cm³/mol. The van der Waals surface area contributed by atoms with E-state index in [9.17, 15) is 18.4 Å². The monoisotopic (exact) mass is 423 g/mol. The summed E-state index contributed by atoms with van der Waals surface area (Å²) < 4.78 is 29.1. The largest absolute Gasteiger partial charge is 0.343 e. The molecule has 0 radical (unpaired) electrons. The Morgan fingerprint density at radius 1 is 1.03 bits per heavy atom. The van der Waals surface area contributed by atoms with Gasteiger partial charge in [-0.1, -0.05) is 18.2 Å². The summed E-state index contributed by atoms with van der Waals surface area (Å²) in [5, 5.41) is 4.35. The van der Waals surface area contributed by atoms with Crippen molar-refractivity contribution in [2.75, 3.05) is 13.1 Å². The number of carbonyl (C=O) groups excluding carboxylic acids is 2. The van der Waals surface area contributed by atoms with Gasteiger partial charge in [0.25, 0.3) is 0 Å². The lowest BCUT2D eigenvalue weighted by Crippen LogP contribution is -2.40. The predicted octanol–water partition coefficient (Wildman–Crippen LogP) is 4.20. The molecule has 1 saturated heterocycles. The van der Waals surface area contributed by atoms with Gasteiger partial charge in [0, 0.05) is 31.6 Å². The normalized spacial score (nSPS) is 14.6. The first kappa shape index (κ1) is 20.9. The molecule has 0 saturated carbocycles. The molecule has 0 aliphatic carbocycles. The minimum Gasteiger partial charge on any atom is -0.343 e. The van der Waals surface area contributed by atoms with Gasteiger partial charge in [0.15, 0.2) is 5.78 Å². The Morgan fingerprint density at radius 3 is 2.52 bits per heavy atom. The van der Waals surface area contributed by atoms with Crippen LogP contribution in [0.1, 0.15) is 35.2 Å². The first-order valence-electron chi connectivity index (χ1n) is 10.4. The van der Waals surface area contributed by atoms with Crippen LogP contribution in [0, 0.1) is 17.6 Å². The molecule has 0 atom stereocenters. The fourth-order valence-corrected chi connectivity index (χ4v) is 3.92. The molecule has 2 heterocycles. The second-order valence-corrected chi connectivity index (χ2v) is 7.77. The molecule has 160 valence electrons. The lowest BCUT2D eigenvalue weighted by Gasteiger charge is -2.31. The Hall–Kier alpha value is -3.35. The van der Waals surface area contributed by atoms with E-state index in [4.69, 9.17) is 0 Å². The summed E-state index contributed by atoms with van der Waals surface area (Å²) in [7, 11) is 0. The fourth-order valence-electron chi connectivity index (χ4n) is 3.92. The molecule has 2 aromatic carbocycles. The molecule has 1 aliphatic heterocycles. The number of amides is 1. The van der Waals surface area contributed by atoms with Gasteiger partial charge in [0.2, 0.25) is 5.91 Å². The first-order chi connectivity index (χ1) is 15.0. The van der Waals surface area contributed by atoms with Crippen molar-refractivity contribution in [1.82, 2.24) is 14.7 Å². The molecule has 1 amide bonds. The molecule has 0 bridgehead atoms. The van der Waals surface area contributed by atoms with Crippen molar-refractivity contribution in [2.24, 2.45) is 5.92 Å². The standard InChI is InChI=1S/C24H23F2N3O2/c25-19-7-8-22(26)21(14-19)24(31)18-10-12-28(13-11-18)23(30)9-6-17-15-27-29(16-17)20-4-2-1-3-5-20/h1-5,7-8,14-16,18H,6,9-13H2. The lowest BCUT2D eigenvalue weighted by molar-refractivity contribution is -0.132. The molecular formula is C24H23F2N3O2. The van der Waals surface area contributed by atoms with Crippen LogP contribution >= 0.6 is 0 Å². The quantitative estimate of drug-likeness (QED) is 0.559. The van der Waals surface area contributed by atoms with E-state index >= 15 is 0 Å². The molecule has 0 unspecified atom stereocenters. The van der Waals surface area contributed by atoms with E-state index in [1.165, 1.54) is 0 Å². The molecule has 3 aromatic rings. The summed E-state index contributed by atoms with van der Waals surface area (Å²) in [5.41, 5.74) is 1.73. The number of rotatable bonds is 6. The Labute approximate surface area is 179 Å². The molecule has 31 heavy (non-hydrogen) atoms. The summed E-state index contributed by atoms with van der Waals surface area (Å²) >= 11 is 0. The maximum Gasteiger partial charge on any atom is 0.222 e. The Balaban J connectivity index is 1.28. The van der Waals surface area contributed by atoms with E-state index in [2.05, 4.69) is 5.10 Å². The number of hydrogen-bond acceptors (Lipinski definition) is 3. The molecule has 1 fully saturated rings. The number of halogens is 2. The highest BCUT2D eigenvalue weighted by Crippen LogP contribution is 2.24. The van der Waals surface area contributed by atoms with Gasteiger partial charge in [-0.2, -0.15) is 5.10 Å². The highest BCUT2D eigenvalue weighted by atomic mass is 19.1. The third kappa shape index (κ3) is 4.87. The molecule has 0 spiro atoms. The van der Waals surface area contributed by atoms with Crippen LogP contribution in [0.15, 0.2) is 60.9 Å². The Kier molecular flexibility index (Phi) is 6.21. The third-order valence-corrected chi connectivity index (χ3v) is 5.70. The molecule has 1 aromatic heterocycles. The second kappa shape index (κ2) is 9.20. The number of para-hydroxylation sites is 1. The number of carbonyl (C=O) groups is 2. The number of nitrogens with zero attached hydrogens (tertiary/aromatic N) is 3. The van der Waals surface area contributed by atoms with E-state index in [-0.39, 0.29) is 11.5 Å². The Morgan fingerprint density at radius 2 is 1.77 bits per heavy atom. The number of aryl methyl sites for hydroxylation is 1. The van der Waals surface area contributed by atoms with Gasteiger partial charge in [0.05, 0.1) is 17.4 Å². The van der Waals surface area contributed by atoms with Crippen molar-refractivity contribution in [3.8, 4) is 5.69 Å².